The standard InChI is InChI=1S/C19H21FN2O3S/c1-2-25-19(24)16-12-26-17(21-16)9-14-7-8-22(11-14)18(23)15-5-3-13(10-20)4-6-15/h3-6,12,14H,2,7-11H2,1H3. The van der Waals surface area contributed by atoms with Crippen LogP contribution in [0.15, 0.2) is 29.6 Å². The number of nitrogens with zero attached hydrogens (tertiary/aromatic N) is 2. The van der Waals surface area contributed by atoms with Gasteiger partial charge in [-0.1, -0.05) is 12.1 Å². The van der Waals surface area contributed by atoms with Crippen LogP contribution in [0, 0.1) is 5.92 Å². The first-order valence-electron chi connectivity index (χ1n) is 8.66. The minimum absolute atomic E-state index is 0.0238. The van der Waals surface area contributed by atoms with Crippen LogP contribution in [0.1, 0.15) is 44.8 Å². The highest BCUT2D eigenvalue weighted by Crippen LogP contribution is 2.24. The summed E-state index contributed by atoms with van der Waals surface area (Å²) in [4.78, 5) is 30.4. The summed E-state index contributed by atoms with van der Waals surface area (Å²) in [6.45, 7) is 2.93. The van der Waals surface area contributed by atoms with Crippen molar-refractivity contribution in [1.82, 2.24) is 9.88 Å². The van der Waals surface area contributed by atoms with Gasteiger partial charge in [0, 0.05) is 30.5 Å². The van der Waals surface area contributed by atoms with Gasteiger partial charge in [-0.2, -0.15) is 0 Å². The van der Waals surface area contributed by atoms with Gasteiger partial charge in [0.25, 0.3) is 5.91 Å². The van der Waals surface area contributed by atoms with Crippen LogP contribution in [0.2, 0.25) is 0 Å². The molecule has 1 fully saturated rings. The lowest BCUT2D eigenvalue weighted by atomic mass is 10.1. The van der Waals surface area contributed by atoms with Crippen molar-refractivity contribution in [3.8, 4) is 0 Å². The second-order valence-electron chi connectivity index (χ2n) is 6.29. The molecule has 138 valence electrons. The topological polar surface area (TPSA) is 59.5 Å². The summed E-state index contributed by atoms with van der Waals surface area (Å²) >= 11 is 1.45. The number of hydrogen-bond acceptors (Lipinski definition) is 5. The van der Waals surface area contributed by atoms with Crippen molar-refractivity contribution in [2.45, 2.75) is 26.4 Å². The lowest BCUT2D eigenvalue weighted by Gasteiger charge is -2.16. The van der Waals surface area contributed by atoms with Gasteiger partial charge in [-0.05, 0) is 37.0 Å². The molecule has 1 aromatic carbocycles. The Labute approximate surface area is 155 Å². The molecule has 0 spiro atoms. The molecular weight excluding hydrogens is 355 g/mol. The summed E-state index contributed by atoms with van der Waals surface area (Å²) in [7, 11) is 0. The first-order chi connectivity index (χ1) is 12.6. The monoisotopic (exact) mass is 376 g/mol. The predicted molar refractivity (Wildman–Crippen MR) is 97.0 cm³/mol. The first-order valence-corrected chi connectivity index (χ1v) is 9.54. The molecule has 0 N–H and O–H groups in total. The van der Waals surface area contributed by atoms with E-state index >= 15 is 0 Å². The molecule has 1 saturated heterocycles. The number of likely N-dealkylation sites (tertiary alicyclic amines) is 1. The summed E-state index contributed by atoms with van der Waals surface area (Å²) in [5.41, 5.74) is 1.51. The summed E-state index contributed by atoms with van der Waals surface area (Å²) in [6, 6.07) is 6.65. The van der Waals surface area contributed by atoms with E-state index in [9.17, 15) is 14.0 Å². The Bertz CT molecular complexity index is 775. The normalized spacial score (nSPS) is 16.7. The Kier molecular flexibility index (Phi) is 5.98. The SMILES string of the molecule is CCOC(=O)c1csc(CC2CCN(C(=O)c3ccc(CF)cc3)C2)n1. The van der Waals surface area contributed by atoms with E-state index < -0.39 is 12.6 Å². The van der Waals surface area contributed by atoms with E-state index in [2.05, 4.69) is 4.98 Å². The molecule has 1 aliphatic rings. The van der Waals surface area contributed by atoms with Gasteiger partial charge in [0.15, 0.2) is 5.69 Å². The molecule has 3 rings (SSSR count). The van der Waals surface area contributed by atoms with Crippen molar-refractivity contribution in [1.29, 1.82) is 0 Å². The Hall–Kier alpha value is -2.28. The average molecular weight is 376 g/mol. The number of alkyl halides is 1. The number of amides is 1. The molecule has 1 atom stereocenters. The second kappa shape index (κ2) is 8.40. The molecule has 2 heterocycles. The minimum atomic E-state index is -0.526. The van der Waals surface area contributed by atoms with Gasteiger partial charge < -0.3 is 9.64 Å². The maximum atomic E-state index is 12.6. The zero-order valence-electron chi connectivity index (χ0n) is 14.6. The van der Waals surface area contributed by atoms with Crippen LogP contribution in [-0.4, -0.2) is 41.5 Å². The van der Waals surface area contributed by atoms with Crippen LogP contribution in [0.5, 0.6) is 0 Å². The molecule has 1 amide bonds. The van der Waals surface area contributed by atoms with Crippen molar-refractivity contribution in [2.24, 2.45) is 5.92 Å². The van der Waals surface area contributed by atoms with E-state index in [0.717, 1.165) is 17.8 Å². The smallest absolute Gasteiger partial charge is 0.357 e. The number of halogens is 1. The number of carbonyl (C=O) groups excluding carboxylic acids is 2. The van der Waals surface area contributed by atoms with Crippen LogP contribution in [0.3, 0.4) is 0 Å². The van der Waals surface area contributed by atoms with Gasteiger partial charge in [-0.3, -0.25) is 4.79 Å². The Morgan fingerprint density at radius 2 is 2.12 bits per heavy atom. The molecule has 1 aromatic heterocycles. The lowest BCUT2D eigenvalue weighted by molar-refractivity contribution is 0.0520. The molecule has 26 heavy (non-hydrogen) atoms. The van der Waals surface area contributed by atoms with Crippen molar-refractivity contribution < 1.29 is 18.7 Å². The number of hydrogen-bond donors (Lipinski definition) is 0. The Morgan fingerprint density at radius 3 is 2.81 bits per heavy atom. The largest absolute Gasteiger partial charge is 0.461 e. The third-order valence-electron chi connectivity index (χ3n) is 4.43. The average Bonchev–Trinajstić information content (AvgIpc) is 3.31. The van der Waals surface area contributed by atoms with Gasteiger partial charge in [0.2, 0.25) is 0 Å². The summed E-state index contributed by atoms with van der Waals surface area (Å²) < 4.78 is 17.5. The van der Waals surface area contributed by atoms with E-state index in [1.54, 1.807) is 36.6 Å². The first kappa shape index (κ1) is 18.5. The molecule has 7 heteroatoms. The van der Waals surface area contributed by atoms with Crippen molar-refractivity contribution in [2.75, 3.05) is 19.7 Å². The van der Waals surface area contributed by atoms with Gasteiger partial charge >= 0.3 is 5.97 Å². The van der Waals surface area contributed by atoms with Crippen LogP contribution < -0.4 is 0 Å². The molecule has 0 saturated carbocycles. The van der Waals surface area contributed by atoms with Crippen LogP contribution in [0.4, 0.5) is 4.39 Å². The number of rotatable bonds is 6. The summed E-state index contributed by atoms with van der Waals surface area (Å²) in [6.07, 6.45) is 1.65. The number of benzene rings is 1. The Morgan fingerprint density at radius 1 is 1.35 bits per heavy atom. The minimum Gasteiger partial charge on any atom is -0.461 e. The molecule has 0 radical (unpaired) electrons. The predicted octanol–water partition coefficient (Wildman–Crippen LogP) is 3.49. The zero-order valence-corrected chi connectivity index (χ0v) is 15.4. The highest BCUT2D eigenvalue weighted by Gasteiger charge is 2.28. The number of ether oxygens (including phenoxy) is 1. The fourth-order valence-corrected chi connectivity index (χ4v) is 3.93. The van der Waals surface area contributed by atoms with Crippen molar-refractivity contribution in [3.05, 3.63) is 51.5 Å². The molecular formula is C19H21FN2O3S. The number of thiazole rings is 1. The second-order valence-corrected chi connectivity index (χ2v) is 7.23. The highest BCUT2D eigenvalue weighted by atomic mass is 32.1. The third kappa shape index (κ3) is 4.27. The summed E-state index contributed by atoms with van der Waals surface area (Å²) in [5.74, 6) is -0.0931. The van der Waals surface area contributed by atoms with E-state index in [4.69, 9.17) is 4.74 Å². The van der Waals surface area contributed by atoms with Crippen LogP contribution in [0.25, 0.3) is 0 Å². The zero-order chi connectivity index (χ0) is 18.5. The van der Waals surface area contributed by atoms with E-state index in [-0.39, 0.29) is 5.91 Å². The van der Waals surface area contributed by atoms with Gasteiger partial charge in [0.05, 0.1) is 11.6 Å². The van der Waals surface area contributed by atoms with Gasteiger partial charge in [-0.25, -0.2) is 14.2 Å². The van der Waals surface area contributed by atoms with E-state index in [0.29, 0.717) is 42.4 Å². The van der Waals surface area contributed by atoms with Gasteiger partial charge in [0.1, 0.15) is 6.67 Å². The van der Waals surface area contributed by atoms with Crippen molar-refractivity contribution >= 4 is 23.2 Å². The maximum absolute atomic E-state index is 12.6. The van der Waals surface area contributed by atoms with E-state index in [1.807, 2.05) is 4.90 Å². The Balaban J connectivity index is 1.56. The lowest BCUT2D eigenvalue weighted by Crippen LogP contribution is -2.28. The fraction of sp³-hybridized carbons (Fsp3) is 0.421. The van der Waals surface area contributed by atoms with E-state index in [1.165, 1.54) is 11.3 Å². The van der Waals surface area contributed by atoms with Crippen LogP contribution >= 0.6 is 11.3 Å². The molecule has 1 aliphatic heterocycles. The molecule has 1 unspecified atom stereocenters. The van der Waals surface area contributed by atoms with Crippen LogP contribution in [-0.2, 0) is 17.8 Å². The van der Waals surface area contributed by atoms with Crippen molar-refractivity contribution in [3.63, 3.8) is 0 Å². The number of carbonyl (C=O) groups is 2. The quantitative estimate of drug-likeness (QED) is 0.724. The fourth-order valence-electron chi connectivity index (χ4n) is 3.05. The maximum Gasteiger partial charge on any atom is 0.357 e. The molecule has 0 bridgehead atoms. The third-order valence-corrected chi connectivity index (χ3v) is 5.30. The molecule has 5 nitrogen and oxygen atoms in total. The summed E-state index contributed by atoms with van der Waals surface area (Å²) in [5, 5.41) is 2.61. The molecule has 2 aromatic rings. The highest BCUT2D eigenvalue weighted by molar-refractivity contribution is 7.09. The number of aromatic nitrogens is 1. The number of esters is 1. The molecule has 0 aliphatic carbocycles. The van der Waals surface area contributed by atoms with Gasteiger partial charge in [-0.15, -0.1) is 11.3 Å².